The second kappa shape index (κ2) is 14.7. The summed E-state index contributed by atoms with van der Waals surface area (Å²) in [5.74, 6) is 0. The molecule has 0 amide bonds. The minimum Gasteiger partial charge on any atom is -1.00 e. The number of halogens is 2. The van der Waals surface area contributed by atoms with Gasteiger partial charge in [0, 0.05) is 0 Å². The van der Waals surface area contributed by atoms with Crippen molar-refractivity contribution in [3.05, 3.63) is 82.5 Å². The van der Waals surface area contributed by atoms with Crippen LogP contribution in [-0.4, -0.2) is 3.21 Å². The summed E-state index contributed by atoms with van der Waals surface area (Å²) in [6, 6.07) is 10.5. The third kappa shape index (κ3) is 11.0. The standard InChI is InChI=1S/C8H8.2C7H9.2ClH.Zr/c1-2-8-6-4-3-5-7-8;2*1-6-4-3-5-7(6)2;;;/h3-7H,1H3;2*4H,5H2,1-2H3;2*1H;/q;2*-1;;;+2/p-2. The molecule has 1 aromatic rings. The summed E-state index contributed by atoms with van der Waals surface area (Å²) in [7, 11) is 0. The van der Waals surface area contributed by atoms with Crippen molar-refractivity contribution >= 4 is 3.21 Å². The Morgan fingerprint density at radius 3 is 1.36 bits per heavy atom. The molecular weight excluding hydrogens is 426 g/mol. The van der Waals surface area contributed by atoms with Crippen LogP contribution in [0, 0.1) is 12.2 Å². The molecule has 0 aromatic heterocycles. The zero-order valence-electron chi connectivity index (χ0n) is 15.7. The van der Waals surface area contributed by atoms with E-state index in [0.29, 0.717) is 0 Å². The zero-order valence-corrected chi connectivity index (χ0v) is 19.7. The van der Waals surface area contributed by atoms with Crippen LogP contribution < -0.4 is 24.8 Å². The molecule has 0 aliphatic heterocycles. The maximum atomic E-state index is 3.12. The van der Waals surface area contributed by atoms with Crippen molar-refractivity contribution in [1.29, 1.82) is 0 Å². The fraction of sp³-hybridized carbons (Fsp3) is 0.318. The van der Waals surface area contributed by atoms with Crippen LogP contribution >= 0.6 is 0 Å². The predicted molar refractivity (Wildman–Crippen MR) is 97.8 cm³/mol. The van der Waals surface area contributed by atoms with Crippen molar-refractivity contribution in [2.75, 3.05) is 0 Å². The van der Waals surface area contributed by atoms with Crippen LogP contribution in [0.3, 0.4) is 0 Å². The van der Waals surface area contributed by atoms with Crippen LogP contribution in [0.4, 0.5) is 0 Å². The van der Waals surface area contributed by atoms with Gasteiger partial charge in [-0.25, -0.2) is 23.3 Å². The summed E-state index contributed by atoms with van der Waals surface area (Å²) < 4.78 is 1.46. The minimum absolute atomic E-state index is 0. The number of benzene rings is 1. The quantitative estimate of drug-likeness (QED) is 0.525. The van der Waals surface area contributed by atoms with Gasteiger partial charge in [0.2, 0.25) is 0 Å². The second-order valence-electron chi connectivity index (χ2n) is 5.97. The van der Waals surface area contributed by atoms with E-state index in [0.717, 1.165) is 12.8 Å². The second-order valence-corrected chi connectivity index (χ2v) is 7.81. The Morgan fingerprint density at radius 1 is 0.800 bits per heavy atom. The monoisotopic (exact) mass is 450 g/mol. The van der Waals surface area contributed by atoms with E-state index in [1.165, 1.54) is 55.3 Å². The van der Waals surface area contributed by atoms with Crippen LogP contribution in [0.25, 0.3) is 0 Å². The number of hydrogen-bond donors (Lipinski definition) is 0. The first-order valence-electron chi connectivity index (χ1n) is 7.98. The number of hydrogen-bond acceptors (Lipinski definition) is 0. The third-order valence-electron chi connectivity index (χ3n) is 3.92. The van der Waals surface area contributed by atoms with E-state index in [1.807, 2.05) is 6.07 Å². The van der Waals surface area contributed by atoms with Crippen LogP contribution in [0.2, 0.25) is 0 Å². The molecule has 0 saturated carbocycles. The van der Waals surface area contributed by atoms with E-state index in [-0.39, 0.29) is 24.8 Å². The van der Waals surface area contributed by atoms with Crippen molar-refractivity contribution in [3.8, 4) is 0 Å². The van der Waals surface area contributed by atoms with Crippen LogP contribution in [0.15, 0.2) is 64.8 Å². The molecule has 1 aromatic carbocycles. The molecule has 3 heteroatoms. The molecule has 0 bridgehead atoms. The Balaban J connectivity index is 0. The summed E-state index contributed by atoms with van der Waals surface area (Å²) in [6.07, 6.45) is 12.4. The fourth-order valence-electron chi connectivity index (χ4n) is 1.93. The van der Waals surface area contributed by atoms with Crippen molar-refractivity contribution in [2.24, 2.45) is 0 Å². The van der Waals surface area contributed by atoms with E-state index in [2.05, 4.69) is 83.2 Å². The van der Waals surface area contributed by atoms with Gasteiger partial charge in [-0.2, -0.15) is 11.1 Å². The zero-order chi connectivity index (χ0) is 17.2. The molecule has 0 radical (unpaired) electrons. The molecule has 0 heterocycles. The smallest absolute Gasteiger partial charge is 1.00 e. The number of rotatable bonds is 1. The summed E-state index contributed by atoms with van der Waals surface area (Å²) in [5.41, 5.74) is 7.07. The van der Waals surface area contributed by atoms with Gasteiger partial charge in [-0.1, -0.05) is 13.8 Å². The summed E-state index contributed by atoms with van der Waals surface area (Å²) in [6.45, 7) is 10.7. The molecule has 2 aliphatic carbocycles. The Hall–Kier alpha value is -0.487. The first-order chi connectivity index (χ1) is 10.9. The van der Waals surface area contributed by atoms with E-state index in [1.54, 1.807) is 0 Å². The predicted octanol–water partition coefficient (Wildman–Crippen LogP) is -0.0464. The molecule has 3 rings (SSSR count). The normalized spacial score (nSPS) is 14.0. The molecule has 0 atom stereocenters. The first kappa shape index (κ1) is 26.7. The molecule has 2 aliphatic rings. The molecular formula is C22H26Cl2Zr-2. The van der Waals surface area contributed by atoms with Crippen LogP contribution in [0.5, 0.6) is 0 Å². The Bertz CT molecular complexity index is 616. The van der Waals surface area contributed by atoms with Gasteiger partial charge in [0.25, 0.3) is 0 Å². The molecule has 0 unspecified atom stereocenters. The third-order valence-corrected chi connectivity index (χ3v) is 4.63. The van der Waals surface area contributed by atoms with Gasteiger partial charge < -0.3 is 24.8 Å². The average molecular weight is 453 g/mol. The molecule has 25 heavy (non-hydrogen) atoms. The van der Waals surface area contributed by atoms with E-state index in [4.69, 9.17) is 0 Å². The average Bonchev–Trinajstić information content (AvgIpc) is 3.10. The molecule has 134 valence electrons. The van der Waals surface area contributed by atoms with Crippen molar-refractivity contribution < 1.29 is 49.0 Å². The minimum atomic E-state index is 0. The summed E-state index contributed by atoms with van der Waals surface area (Å²) >= 11 is 1.51. The van der Waals surface area contributed by atoms with Crippen molar-refractivity contribution in [3.63, 3.8) is 0 Å². The van der Waals surface area contributed by atoms with Crippen LogP contribution in [0.1, 0.15) is 53.0 Å². The van der Waals surface area contributed by atoms with Crippen molar-refractivity contribution in [1.82, 2.24) is 0 Å². The van der Waals surface area contributed by atoms with Crippen LogP contribution in [-0.2, 0) is 24.2 Å². The van der Waals surface area contributed by atoms with Gasteiger partial charge in [-0.15, -0.1) is 26.7 Å². The van der Waals surface area contributed by atoms with Gasteiger partial charge in [0.15, 0.2) is 0 Å². The molecule has 0 nitrogen and oxygen atoms in total. The van der Waals surface area contributed by atoms with E-state index >= 15 is 0 Å². The van der Waals surface area contributed by atoms with Gasteiger partial charge in [-0.05, 0) is 0 Å². The molecule has 0 spiro atoms. The number of allylic oxidation sites excluding steroid dienone is 8. The van der Waals surface area contributed by atoms with Gasteiger partial charge in [0.05, 0.1) is 0 Å². The summed E-state index contributed by atoms with van der Waals surface area (Å²) in [5, 5.41) is 0. The first-order valence-corrected chi connectivity index (χ1v) is 9.21. The summed E-state index contributed by atoms with van der Waals surface area (Å²) in [4.78, 5) is 0. The molecule has 0 N–H and O–H groups in total. The molecule has 0 saturated heterocycles. The fourth-order valence-corrected chi connectivity index (χ4v) is 2.34. The largest absolute Gasteiger partial charge is 1.00 e. The van der Waals surface area contributed by atoms with Gasteiger partial charge in [-0.3, -0.25) is 12.2 Å². The molecule has 0 fully saturated rings. The Labute approximate surface area is 181 Å². The SMILES string of the molecule is CC1=C(C)C[C-]=C1.CC1=C(C)C[C-]=C1.C[C](=[Zr+2])c1ccccc1.[Cl-].[Cl-]. The Kier molecular flexibility index (Phi) is 15.7. The van der Waals surface area contributed by atoms with Gasteiger partial charge >= 0.3 is 70.3 Å². The van der Waals surface area contributed by atoms with E-state index in [9.17, 15) is 0 Å². The van der Waals surface area contributed by atoms with Gasteiger partial charge in [0.1, 0.15) is 0 Å². The van der Waals surface area contributed by atoms with Crippen molar-refractivity contribution in [2.45, 2.75) is 47.5 Å². The Morgan fingerprint density at radius 2 is 1.20 bits per heavy atom. The maximum Gasteiger partial charge on any atom is -1.00 e. The topological polar surface area (TPSA) is 0 Å². The maximum absolute atomic E-state index is 3.12. The van der Waals surface area contributed by atoms with E-state index < -0.39 is 0 Å².